The van der Waals surface area contributed by atoms with Gasteiger partial charge in [-0.05, 0) is 18.3 Å². The number of rotatable bonds is 6. The lowest BCUT2D eigenvalue weighted by atomic mass is 10.0. The lowest BCUT2D eigenvalue weighted by Crippen LogP contribution is -2.24. The first kappa shape index (κ1) is 15.2. The van der Waals surface area contributed by atoms with Crippen LogP contribution in [0.4, 0.5) is 5.95 Å². The topological polar surface area (TPSA) is 71.2 Å². The molecule has 1 saturated heterocycles. The third-order valence-electron chi connectivity index (χ3n) is 3.74. The zero-order valence-corrected chi connectivity index (χ0v) is 13.1. The number of carboxylic acids is 1. The Morgan fingerprint density at radius 2 is 2.00 bits per heavy atom. The van der Waals surface area contributed by atoms with Crippen molar-refractivity contribution in [3.05, 3.63) is 0 Å². The van der Waals surface area contributed by atoms with E-state index in [2.05, 4.69) is 40.4 Å². The summed E-state index contributed by atoms with van der Waals surface area (Å²) < 4.78 is 2.05. The van der Waals surface area contributed by atoms with Gasteiger partial charge in [-0.1, -0.05) is 32.5 Å². The molecule has 1 aromatic heterocycles. The highest BCUT2D eigenvalue weighted by Crippen LogP contribution is 2.29. The van der Waals surface area contributed by atoms with Crippen molar-refractivity contribution < 1.29 is 9.90 Å². The Labute approximate surface area is 123 Å². The van der Waals surface area contributed by atoms with Crippen LogP contribution >= 0.6 is 11.8 Å². The van der Waals surface area contributed by atoms with Crippen molar-refractivity contribution in [2.45, 2.75) is 38.9 Å². The van der Waals surface area contributed by atoms with E-state index >= 15 is 0 Å². The summed E-state index contributed by atoms with van der Waals surface area (Å²) >= 11 is 1.24. The Hall–Kier alpha value is -1.24. The highest BCUT2D eigenvalue weighted by Gasteiger charge is 2.29. The lowest BCUT2D eigenvalue weighted by Gasteiger charge is -2.18. The third kappa shape index (κ3) is 3.26. The van der Waals surface area contributed by atoms with E-state index in [9.17, 15) is 4.79 Å². The molecule has 0 spiro atoms. The quantitative estimate of drug-likeness (QED) is 0.810. The maximum atomic E-state index is 10.7. The van der Waals surface area contributed by atoms with E-state index in [1.54, 1.807) is 0 Å². The average Bonchev–Trinajstić information content (AvgIpc) is 2.92. The zero-order valence-electron chi connectivity index (χ0n) is 12.2. The molecule has 0 amide bonds. The summed E-state index contributed by atoms with van der Waals surface area (Å²) in [4.78, 5) is 13.0. The number of carbonyl (C=O) groups is 1. The van der Waals surface area contributed by atoms with Crippen molar-refractivity contribution in [1.82, 2.24) is 14.8 Å². The molecule has 2 rings (SSSR count). The van der Waals surface area contributed by atoms with E-state index in [0.717, 1.165) is 32.0 Å². The summed E-state index contributed by atoms with van der Waals surface area (Å²) in [6, 6.07) is 0. The number of nitrogens with zero attached hydrogens (tertiary/aromatic N) is 4. The first-order valence-corrected chi connectivity index (χ1v) is 8.04. The average molecular weight is 298 g/mol. The van der Waals surface area contributed by atoms with Gasteiger partial charge in [0.1, 0.15) is 0 Å². The van der Waals surface area contributed by atoms with Gasteiger partial charge >= 0.3 is 5.97 Å². The summed E-state index contributed by atoms with van der Waals surface area (Å²) in [6.45, 7) is 9.42. The molecule has 0 aliphatic carbocycles. The molecule has 0 aromatic carbocycles. The molecule has 1 aliphatic rings. The number of aromatic nitrogens is 3. The second kappa shape index (κ2) is 6.47. The Morgan fingerprint density at radius 3 is 2.55 bits per heavy atom. The van der Waals surface area contributed by atoms with Gasteiger partial charge in [-0.15, -0.1) is 10.2 Å². The number of hydrogen-bond donors (Lipinski definition) is 1. The molecule has 112 valence electrons. The molecule has 1 fully saturated rings. The first-order chi connectivity index (χ1) is 9.52. The molecule has 2 heterocycles. The molecule has 6 nitrogen and oxygen atoms in total. The summed E-state index contributed by atoms with van der Waals surface area (Å²) in [5.41, 5.74) is 0. The Kier molecular flexibility index (Phi) is 4.91. The van der Waals surface area contributed by atoms with Crippen LogP contribution in [0, 0.1) is 11.8 Å². The molecule has 7 heteroatoms. The second-order valence-electron chi connectivity index (χ2n) is 5.48. The molecule has 2 unspecified atom stereocenters. The predicted molar refractivity (Wildman–Crippen MR) is 79.2 cm³/mol. The molecule has 1 N–H and O–H groups in total. The van der Waals surface area contributed by atoms with Crippen LogP contribution in [-0.4, -0.2) is 44.7 Å². The summed E-state index contributed by atoms with van der Waals surface area (Å²) in [5.74, 6) is 1.38. The van der Waals surface area contributed by atoms with E-state index < -0.39 is 5.97 Å². The van der Waals surface area contributed by atoms with Crippen LogP contribution in [-0.2, 0) is 11.3 Å². The van der Waals surface area contributed by atoms with E-state index in [1.165, 1.54) is 11.8 Å². The van der Waals surface area contributed by atoms with Crippen LogP contribution in [0.15, 0.2) is 5.16 Å². The van der Waals surface area contributed by atoms with Crippen molar-refractivity contribution >= 4 is 23.7 Å². The number of thioether (sulfide) groups is 1. The zero-order chi connectivity index (χ0) is 14.7. The van der Waals surface area contributed by atoms with Gasteiger partial charge in [0.2, 0.25) is 5.95 Å². The first-order valence-electron chi connectivity index (χ1n) is 7.05. The smallest absolute Gasteiger partial charge is 0.313 e. The molecule has 0 bridgehead atoms. The molecule has 1 aliphatic heterocycles. The number of carboxylic acid groups (broad SMARTS) is 1. The van der Waals surface area contributed by atoms with E-state index in [0.29, 0.717) is 17.0 Å². The fourth-order valence-electron chi connectivity index (χ4n) is 2.46. The molecule has 0 radical (unpaired) electrons. The molecule has 1 aromatic rings. The Balaban J connectivity index is 2.18. The normalized spacial score (nSPS) is 22.4. The molecule has 2 atom stereocenters. The predicted octanol–water partition coefficient (Wildman–Crippen LogP) is 1.96. The van der Waals surface area contributed by atoms with Crippen LogP contribution in [0.2, 0.25) is 0 Å². The van der Waals surface area contributed by atoms with Gasteiger partial charge in [-0.2, -0.15) is 0 Å². The van der Waals surface area contributed by atoms with Gasteiger partial charge in [-0.25, -0.2) is 0 Å². The molecule has 20 heavy (non-hydrogen) atoms. The monoisotopic (exact) mass is 298 g/mol. The van der Waals surface area contributed by atoms with Crippen molar-refractivity contribution in [3.8, 4) is 0 Å². The van der Waals surface area contributed by atoms with Gasteiger partial charge in [0.15, 0.2) is 5.16 Å². The Morgan fingerprint density at radius 1 is 1.35 bits per heavy atom. The third-order valence-corrected chi connectivity index (χ3v) is 4.69. The van der Waals surface area contributed by atoms with Crippen LogP contribution in [0.1, 0.15) is 27.2 Å². The molecular formula is C13H22N4O2S. The van der Waals surface area contributed by atoms with Gasteiger partial charge in [0, 0.05) is 19.6 Å². The highest BCUT2D eigenvalue weighted by atomic mass is 32.2. The Bertz CT molecular complexity index is 467. The van der Waals surface area contributed by atoms with Gasteiger partial charge in [0.05, 0.1) is 5.75 Å². The summed E-state index contributed by atoms with van der Waals surface area (Å²) in [6.07, 6.45) is 0.977. The molecular weight excluding hydrogens is 276 g/mol. The van der Waals surface area contributed by atoms with Crippen LogP contribution in [0.25, 0.3) is 0 Å². The maximum absolute atomic E-state index is 10.7. The second-order valence-corrected chi connectivity index (χ2v) is 6.42. The number of anilines is 1. The van der Waals surface area contributed by atoms with E-state index in [-0.39, 0.29) is 5.75 Å². The van der Waals surface area contributed by atoms with Crippen molar-refractivity contribution in [2.75, 3.05) is 23.7 Å². The van der Waals surface area contributed by atoms with Crippen molar-refractivity contribution in [2.24, 2.45) is 11.8 Å². The highest BCUT2D eigenvalue weighted by molar-refractivity contribution is 7.99. The van der Waals surface area contributed by atoms with E-state index in [4.69, 9.17) is 5.11 Å². The summed E-state index contributed by atoms with van der Waals surface area (Å²) in [5, 5.41) is 18.0. The minimum absolute atomic E-state index is 0.0225. The minimum Gasteiger partial charge on any atom is -0.481 e. The van der Waals surface area contributed by atoms with Crippen LogP contribution in [0.3, 0.4) is 0 Å². The fourth-order valence-corrected chi connectivity index (χ4v) is 3.14. The number of aliphatic carboxylic acids is 1. The lowest BCUT2D eigenvalue weighted by molar-refractivity contribution is -0.133. The SMILES string of the molecule is CCCn1c(SCC(=O)O)nnc1N1CC(C)C(C)C1. The number of hydrogen-bond acceptors (Lipinski definition) is 5. The minimum atomic E-state index is -0.828. The fraction of sp³-hybridized carbons (Fsp3) is 0.769. The maximum Gasteiger partial charge on any atom is 0.313 e. The van der Waals surface area contributed by atoms with Crippen LogP contribution in [0.5, 0.6) is 0 Å². The van der Waals surface area contributed by atoms with Crippen molar-refractivity contribution in [3.63, 3.8) is 0 Å². The van der Waals surface area contributed by atoms with Crippen molar-refractivity contribution in [1.29, 1.82) is 0 Å². The standard InChI is InChI=1S/C13H22N4O2S/c1-4-5-17-12(16-6-9(2)10(3)7-16)14-15-13(17)20-8-11(18)19/h9-10H,4-8H2,1-3H3,(H,18,19). The van der Waals surface area contributed by atoms with Gasteiger partial charge in [0.25, 0.3) is 0 Å². The van der Waals surface area contributed by atoms with E-state index in [1.807, 2.05) is 0 Å². The van der Waals surface area contributed by atoms with Crippen LogP contribution < -0.4 is 4.90 Å². The van der Waals surface area contributed by atoms with Gasteiger partial charge < -0.3 is 10.0 Å². The largest absolute Gasteiger partial charge is 0.481 e. The summed E-state index contributed by atoms with van der Waals surface area (Å²) in [7, 11) is 0. The van der Waals surface area contributed by atoms with Gasteiger partial charge in [-0.3, -0.25) is 9.36 Å². The molecule has 0 saturated carbocycles.